The molecule has 0 spiro atoms. The van der Waals surface area contributed by atoms with E-state index in [4.69, 9.17) is 4.74 Å². The quantitative estimate of drug-likeness (QED) is 0.872. The average Bonchev–Trinajstić information content (AvgIpc) is 2.52. The Morgan fingerprint density at radius 3 is 2.48 bits per heavy atom. The van der Waals surface area contributed by atoms with Crippen LogP contribution in [0.15, 0.2) is 35.2 Å². The molecular formula is C20H23NO5S. The zero-order valence-electron chi connectivity index (χ0n) is 16.0. The Bertz CT molecular complexity index is 1040. The minimum absolute atomic E-state index is 0.0122. The van der Waals surface area contributed by atoms with Gasteiger partial charge in [-0.3, -0.25) is 4.79 Å². The van der Waals surface area contributed by atoms with Gasteiger partial charge in [0.05, 0.1) is 10.5 Å². The van der Waals surface area contributed by atoms with Crippen molar-refractivity contribution < 1.29 is 23.1 Å². The second kappa shape index (κ2) is 6.27. The molecule has 1 amide bonds. The summed E-state index contributed by atoms with van der Waals surface area (Å²) in [6.45, 7) is 5.58. The number of sulfone groups is 1. The fourth-order valence-corrected chi connectivity index (χ4v) is 3.95. The Morgan fingerprint density at radius 1 is 1.22 bits per heavy atom. The first-order chi connectivity index (χ1) is 12.4. The number of phenolic OH excluding ortho intramolecular Hbond substituents is 1. The molecule has 6 nitrogen and oxygen atoms in total. The zero-order chi connectivity index (χ0) is 20.1. The van der Waals surface area contributed by atoms with E-state index in [-0.39, 0.29) is 16.6 Å². The molecule has 1 N–H and O–H groups in total. The number of ether oxygens (including phenoxy) is 1. The van der Waals surface area contributed by atoms with Gasteiger partial charge < -0.3 is 14.7 Å². The van der Waals surface area contributed by atoms with Crippen LogP contribution in [0, 0.1) is 0 Å². The summed E-state index contributed by atoms with van der Waals surface area (Å²) in [6.07, 6.45) is 1.15. The maximum Gasteiger partial charge on any atom is 0.219 e. The number of hydrogen-bond acceptors (Lipinski definition) is 5. The molecule has 0 aromatic heterocycles. The largest absolute Gasteiger partial charge is 0.507 e. The summed E-state index contributed by atoms with van der Waals surface area (Å²) in [5, 5.41) is 10.7. The first-order valence-electron chi connectivity index (χ1n) is 8.52. The molecule has 27 heavy (non-hydrogen) atoms. The van der Waals surface area contributed by atoms with Gasteiger partial charge in [-0.1, -0.05) is 6.07 Å². The van der Waals surface area contributed by atoms with Crippen LogP contribution < -0.4 is 4.74 Å². The van der Waals surface area contributed by atoms with Crippen LogP contribution in [0.5, 0.6) is 11.5 Å². The van der Waals surface area contributed by atoms with Gasteiger partial charge >= 0.3 is 0 Å². The van der Waals surface area contributed by atoms with Crippen molar-refractivity contribution in [2.24, 2.45) is 0 Å². The second-order valence-corrected chi connectivity index (χ2v) is 9.47. The van der Waals surface area contributed by atoms with Crippen molar-refractivity contribution in [1.29, 1.82) is 0 Å². The van der Waals surface area contributed by atoms with Crippen molar-refractivity contribution in [3.05, 3.63) is 41.5 Å². The Balaban J connectivity index is 2.20. The molecule has 7 heteroatoms. The highest BCUT2D eigenvalue weighted by molar-refractivity contribution is 7.90. The molecule has 0 saturated heterocycles. The molecular weight excluding hydrogens is 366 g/mol. The SMILES string of the molecule is CC(=O)N(C)Cc1cc(O)c2c(c1)OC(C)(C)c1ccc(S(C)(=O)=O)cc1-2. The molecule has 1 aliphatic heterocycles. The molecule has 0 aliphatic carbocycles. The van der Waals surface area contributed by atoms with Crippen molar-refractivity contribution in [2.45, 2.75) is 37.8 Å². The van der Waals surface area contributed by atoms with Crippen molar-refractivity contribution in [3.8, 4) is 22.6 Å². The standard InChI is InChI=1S/C20H23NO5S/c1-12(22)21(4)11-13-8-17(23)19-15-10-14(27(5,24)25)6-7-16(15)20(2,3)26-18(19)9-13/h6-10,23H,11H2,1-5H3. The topological polar surface area (TPSA) is 83.9 Å². The van der Waals surface area contributed by atoms with Gasteiger partial charge in [0.25, 0.3) is 0 Å². The Labute approximate surface area is 159 Å². The van der Waals surface area contributed by atoms with Gasteiger partial charge in [-0.2, -0.15) is 0 Å². The van der Waals surface area contributed by atoms with E-state index in [0.717, 1.165) is 17.4 Å². The van der Waals surface area contributed by atoms with E-state index >= 15 is 0 Å². The number of hydrogen-bond donors (Lipinski definition) is 1. The predicted octanol–water partition coefficient (Wildman–Crippen LogP) is 3.07. The molecule has 0 bridgehead atoms. The van der Waals surface area contributed by atoms with Gasteiger partial charge in [-0.25, -0.2) is 8.42 Å². The molecule has 0 radical (unpaired) electrons. The van der Waals surface area contributed by atoms with Gasteiger partial charge in [0, 0.05) is 32.3 Å². The first kappa shape index (κ1) is 19.2. The third-order valence-corrected chi connectivity index (χ3v) is 5.91. The van der Waals surface area contributed by atoms with E-state index in [0.29, 0.717) is 23.4 Å². The Morgan fingerprint density at radius 2 is 1.89 bits per heavy atom. The zero-order valence-corrected chi connectivity index (χ0v) is 16.8. The van der Waals surface area contributed by atoms with Crippen LogP contribution in [0.2, 0.25) is 0 Å². The summed E-state index contributed by atoms with van der Waals surface area (Å²) < 4.78 is 30.1. The summed E-state index contributed by atoms with van der Waals surface area (Å²) in [6, 6.07) is 8.22. The highest BCUT2D eigenvalue weighted by Gasteiger charge is 2.35. The van der Waals surface area contributed by atoms with Crippen molar-refractivity contribution in [2.75, 3.05) is 13.3 Å². The minimum Gasteiger partial charge on any atom is -0.507 e. The highest BCUT2D eigenvalue weighted by atomic mass is 32.2. The smallest absolute Gasteiger partial charge is 0.219 e. The number of nitrogens with zero attached hydrogens (tertiary/aromatic N) is 1. The Kier molecular flexibility index (Phi) is 4.46. The van der Waals surface area contributed by atoms with Gasteiger partial charge in [-0.05, 0) is 49.2 Å². The maximum atomic E-state index is 12.0. The van der Waals surface area contributed by atoms with Gasteiger partial charge in [0.1, 0.15) is 17.1 Å². The highest BCUT2D eigenvalue weighted by Crippen LogP contribution is 2.50. The first-order valence-corrected chi connectivity index (χ1v) is 10.4. The number of fused-ring (bicyclic) bond motifs is 3. The number of benzene rings is 2. The lowest BCUT2D eigenvalue weighted by atomic mass is 9.85. The summed E-state index contributed by atoms with van der Waals surface area (Å²) in [4.78, 5) is 13.2. The molecule has 0 unspecified atom stereocenters. The van der Waals surface area contributed by atoms with Crippen LogP contribution >= 0.6 is 0 Å². The van der Waals surface area contributed by atoms with E-state index in [2.05, 4.69) is 0 Å². The lowest BCUT2D eigenvalue weighted by molar-refractivity contribution is -0.128. The lowest BCUT2D eigenvalue weighted by Crippen LogP contribution is -2.30. The molecule has 144 valence electrons. The van der Waals surface area contributed by atoms with E-state index in [1.165, 1.54) is 11.8 Å². The fraction of sp³-hybridized carbons (Fsp3) is 0.350. The summed E-state index contributed by atoms with van der Waals surface area (Å²) >= 11 is 0. The van der Waals surface area contributed by atoms with E-state index in [9.17, 15) is 18.3 Å². The molecule has 0 fully saturated rings. The van der Waals surface area contributed by atoms with Crippen LogP contribution in [0.3, 0.4) is 0 Å². The minimum atomic E-state index is -3.39. The second-order valence-electron chi connectivity index (χ2n) is 7.46. The van der Waals surface area contributed by atoms with Crippen LogP contribution in [0.25, 0.3) is 11.1 Å². The molecule has 2 aromatic rings. The number of carbonyl (C=O) groups excluding carboxylic acids is 1. The lowest BCUT2D eigenvalue weighted by Gasteiger charge is -2.35. The third kappa shape index (κ3) is 3.51. The maximum absolute atomic E-state index is 12.0. The van der Waals surface area contributed by atoms with Crippen LogP contribution in [-0.2, 0) is 26.8 Å². The van der Waals surface area contributed by atoms with Crippen LogP contribution in [0.4, 0.5) is 0 Å². The molecule has 3 rings (SSSR count). The van der Waals surface area contributed by atoms with Gasteiger partial charge in [0.2, 0.25) is 5.91 Å². The molecule has 1 heterocycles. The summed E-state index contributed by atoms with van der Waals surface area (Å²) in [5.41, 5.74) is 1.92. The van der Waals surface area contributed by atoms with Gasteiger partial charge in [-0.15, -0.1) is 0 Å². The van der Waals surface area contributed by atoms with Gasteiger partial charge in [0.15, 0.2) is 9.84 Å². The predicted molar refractivity (Wildman–Crippen MR) is 102 cm³/mol. The molecule has 0 atom stereocenters. The summed E-state index contributed by atoms with van der Waals surface area (Å²) in [5.74, 6) is 0.364. The number of phenols is 1. The van der Waals surface area contributed by atoms with Crippen molar-refractivity contribution in [3.63, 3.8) is 0 Å². The fourth-order valence-electron chi connectivity index (χ4n) is 3.30. The van der Waals surface area contributed by atoms with E-state index in [1.54, 1.807) is 37.4 Å². The number of aromatic hydroxyl groups is 1. The third-order valence-electron chi connectivity index (χ3n) is 4.80. The number of amides is 1. The normalized spacial score (nSPS) is 14.7. The summed E-state index contributed by atoms with van der Waals surface area (Å²) in [7, 11) is -1.71. The monoisotopic (exact) mass is 389 g/mol. The molecule has 1 aliphatic rings. The van der Waals surface area contributed by atoms with E-state index < -0.39 is 15.4 Å². The average molecular weight is 389 g/mol. The molecule has 0 saturated carbocycles. The Hall–Kier alpha value is -2.54. The number of rotatable bonds is 3. The van der Waals surface area contributed by atoms with Crippen molar-refractivity contribution in [1.82, 2.24) is 4.90 Å². The van der Waals surface area contributed by atoms with Crippen LogP contribution in [0.1, 0.15) is 31.9 Å². The van der Waals surface area contributed by atoms with E-state index in [1.807, 2.05) is 13.8 Å². The van der Waals surface area contributed by atoms with Crippen molar-refractivity contribution >= 4 is 15.7 Å². The number of carbonyl (C=O) groups is 1. The van der Waals surface area contributed by atoms with Crippen LogP contribution in [-0.4, -0.2) is 37.6 Å². The molecule has 2 aromatic carbocycles.